The van der Waals surface area contributed by atoms with Gasteiger partial charge in [0.05, 0.1) is 17.3 Å². The minimum atomic E-state index is -3.43. The first-order chi connectivity index (χ1) is 11.1. The predicted octanol–water partition coefficient (Wildman–Crippen LogP) is 4.21. The molecule has 0 spiro atoms. The van der Waals surface area contributed by atoms with Crippen molar-refractivity contribution in [2.45, 2.75) is 17.6 Å². The standard InChI is InChI=1S/C19H18O3S/c1-2-22-19-10-6-5-9-17(19)14-23(20,21)18-12-11-15-7-3-4-8-16(15)13-18/h3-13H,2,14H2,1H3. The van der Waals surface area contributed by atoms with Gasteiger partial charge in [0.25, 0.3) is 0 Å². The predicted molar refractivity (Wildman–Crippen MR) is 92.4 cm³/mol. The van der Waals surface area contributed by atoms with Crippen LogP contribution in [-0.2, 0) is 15.6 Å². The number of hydrogen-bond acceptors (Lipinski definition) is 3. The second kappa shape index (κ2) is 6.42. The van der Waals surface area contributed by atoms with E-state index in [-0.39, 0.29) is 5.75 Å². The van der Waals surface area contributed by atoms with Crippen LogP contribution in [0.4, 0.5) is 0 Å². The summed E-state index contributed by atoms with van der Waals surface area (Å²) in [6.07, 6.45) is 0. The lowest BCUT2D eigenvalue weighted by molar-refractivity contribution is 0.337. The Morgan fingerprint density at radius 1 is 0.870 bits per heavy atom. The molecular formula is C19H18O3S. The molecule has 0 aliphatic carbocycles. The molecule has 0 aliphatic heterocycles. The van der Waals surface area contributed by atoms with Crippen molar-refractivity contribution in [2.24, 2.45) is 0 Å². The van der Waals surface area contributed by atoms with Crippen LogP contribution in [0.2, 0.25) is 0 Å². The van der Waals surface area contributed by atoms with Crippen molar-refractivity contribution in [1.29, 1.82) is 0 Å². The SMILES string of the molecule is CCOc1ccccc1CS(=O)(=O)c1ccc2ccccc2c1. The summed E-state index contributed by atoms with van der Waals surface area (Å²) >= 11 is 0. The molecule has 0 aliphatic rings. The lowest BCUT2D eigenvalue weighted by Crippen LogP contribution is -2.07. The normalized spacial score (nSPS) is 11.5. The van der Waals surface area contributed by atoms with Crippen molar-refractivity contribution in [1.82, 2.24) is 0 Å². The molecule has 0 saturated heterocycles. The van der Waals surface area contributed by atoms with E-state index >= 15 is 0 Å². The Labute approximate surface area is 136 Å². The second-order valence-corrected chi connectivity index (χ2v) is 7.30. The molecule has 118 valence electrons. The lowest BCUT2D eigenvalue weighted by Gasteiger charge is -2.11. The monoisotopic (exact) mass is 326 g/mol. The van der Waals surface area contributed by atoms with Crippen molar-refractivity contribution < 1.29 is 13.2 Å². The third-order valence-corrected chi connectivity index (χ3v) is 5.36. The Morgan fingerprint density at radius 2 is 1.57 bits per heavy atom. The van der Waals surface area contributed by atoms with Gasteiger partial charge >= 0.3 is 0 Å². The number of rotatable bonds is 5. The van der Waals surface area contributed by atoms with Gasteiger partial charge in [0, 0.05) is 5.56 Å². The molecule has 3 nitrogen and oxygen atoms in total. The van der Waals surface area contributed by atoms with Crippen molar-refractivity contribution in [3.8, 4) is 5.75 Å². The van der Waals surface area contributed by atoms with E-state index in [0.717, 1.165) is 10.8 Å². The van der Waals surface area contributed by atoms with Gasteiger partial charge in [-0.15, -0.1) is 0 Å². The molecular weight excluding hydrogens is 308 g/mol. The molecule has 0 unspecified atom stereocenters. The van der Waals surface area contributed by atoms with Crippen LogP contribution in [0.15, 0.2) is 71.6 Å². The Hall–Kier alpha value is -2.33. The molecule has 0 aromatic heterocycles. The molecule has 0 saturated carbocycles. The van der Waals surface area contributed by atoms with Crippen LogP contribution in [0.5, 0.6) is 5.75 Å². The Bertz CT molecular complexity index is 930. The molecule has 23 heavy (non-hydrogen) atoms. The van der Waals surface area contributed by atoms with Crippen LogP contribution in [-0.4, -0.2) is 15.0 Å². The van der Waals surface area contributed by atoms with Crippen molar-refractivity contribution >= 4 is 20.6 Å². The zero-order valence-corrected chi connectivity index (χ0v) is 13.7. The fourth-order valence-electron chi connectivity index (χ4n) is 2.57. The molecule has 0 atom stereocenters. The highest BCUT2D eigenvalue weighted by Gasteiger charge is 2.18. The van der Waals surface area contributed by atoms with Crippen LogP contribution in [0.3, 0.4) is 0 Å². The van der Waals surface area contributed by atoms with Crippen LogP contribution in [0, 0.1) is 0 Å². The molecule has 3 aromatic rings. The smallest absolute Gasteiger partial charge is 0.182 e. The molecule has 3 aromatic carbocycles. The first-order valence-corrected chi connectivity index (χ1v) is 9.17. The summed E-state index contributed by atoms with van der Waals surface area (Å²) in [4.78, 5) is 0.336. The number of sulfone groups is 1. The minimum Gasteiger partial charge on any atom is -0.494 e. The van der Waals surface area contributed by atoms with E-state index in [1.165, 1.54) is 0 Å². The third kappa shape index (κ3) is 3.37. The third-order valence-electron chi connectivity index (χ3n) is 3.70. The molecule has 0 radical (unpaired) electrons. The summed E-state index contributed by atoms with van der Waals surface area (Å²) in [5.74, 6) is 0.556. The number of hydrogen-bond donors (Lipinski definition) is 0. The van der Waals surface area contributed by atoms with E-state index in [4.69, 9.17) is 4.74 Å². The molecule has 0 fully saturated rings. The van der Waals surface area contributed by atoms with E-state index in [1.54, 1.807) is 24.3 Å². The maximum Gasteiger partial charge on any atom is 0.182 e. The first kappa shape index (κ1) is 15.6. The van der Waals surface area contributed by atoms with Gasteiger partial charge in [0.2, 0.25) is 0 Å². The summed E-state index contributed by atoms with van der Waals surface area (Å²) < 4.78 is 31.0. The Balaban J connectivity index is 1.97. The second-order valence-electron chi connectivity index (χ2n) is 5.31. The van der Waals surface area contributed by atoms with Gasteiger partial charge in [-0.3, -0.25) is 0 Å². The van der Waals surface area contributed by atoms with E-state index in [2.05, 4.69) is 0 Å². The van der Waals surface area contributed by atoms with Gasteiger partial charge in [0.15, 0.2) is 9.84 Å². The van der Waals surface area contributed by atoms with Crippen LogP contribution >= 0.6 is 0 Å². The average molecular weight is 326 g/mol. The molecule has 0 amide bonds. The van der Waals surface area contributed by atoms with Crippen LogP contribution in [0.1, 0.15) is 12.5 Å². The van der Waals surface area contributed by atoms with Gasteiger partial charge in [-0.05, 0) is 35.9 Å². The largest absolute Gasteiger partial charge is 0.494 e. The van der Waals surface area contributed by atoms with Gasteiger partial charge in [-0.2, -0.15) is 0 Å². The van der Waals surface area contributed by atoms with Gasteiger partial charge < -0.3 is 4.74 Å². The summed E-state index contributed by atoms with van der Waals surface area (Å²) in [6.45, 7) is 2.39. The minimum absolute atomic E-state index is 0.0679. The summed E-state index contributed by atoms with van der Waals surface area (Å²) in [5, 5.41) is 1.95. The highest BCUT2D eigenvalue weighted by atomic mass is 32.2. The highest BCUT2D eigenvalue weighted by Crippen LogP contribution is 2.26. The topological polar surface area (TPSA) is 43.4 Å². The molecule has 4 heteroatoms. The number of ether oxygens (including phenoxy) is 1. The highest BCUT2D eigenvalue weighted by molar-refractivity contribution is 7.90. The van der Waals surface area contributed by atoms with Gasteiger partial charge in [-0.1, -0.05) is 48.5 Å². The van der Waals surface area contributed by atoms with Crippen molar-refractivity contribution in [3.63, 3.8) is 0 Å². The Morgan fingerprint density at radius 3 is 2.35 bits per heavy atom. The molecule has 3 rings (SSSR count). The average Bonchev–Trinajstić information content (AvgIpc) is 2.56. The van der Waals surface area contributed by atoms with Gasteiger partial charge in [-0.25, -0.2) is 8.42 Å². The fraction of sp³-hybridized carbons (Fsp3) is 0.158. The quantitative estimate of drug-likeness (QED) is 0.705. The molecule has 0 bridgehead atoms. The fourth-order valence-corrected chi connectivity index (χ4v) is 3.96. The zero-order chi connectivity index (χ0) is 16.3. The Kier molecular flexibility index (Phi) is 4.35. The van der Waals surface area contributed by atoms with Crippen LogP contribution < -0.4 is 4.74 Å². The number of benzene rings is 3. The van der Waals surface area contributed by atoms with E-state index < -0.39 is 9.84 Å². The van der Waals surface area contributed by atoms with E-state index in [0.29, 0.717) is 22.8 Å². The maximum atomic E-state index is 12.7. The van der Waals surface area contributed by atoms with Crippen molar-refractivity contribution in [3.05, 3.63) is 72.3 Å². The number of fused-ring (bicyclic) bond motifs is 1. The first-order valence-electron chi connectivity index (χ1n) is 7.52. The van der Waals surface area contributed by atoms with Crippen molar-refractivity contribution in [2.75, 3.05) is 6.61 Å². The van der Waals surface area contributed by atoms with E-state index in [9.17, 15) is 8.42 Å². The molecule has 0 heterocycles. The number of para-hydroxylation sites is 1. The lowest BCUT2D eigenvalue weighted by atomic mass is 10.1. The maximum absolute atomic E-state index is 12.7. The van der Waals surface area contributed by atoms with Crippen LogP contribution in [0.25, 0.3) is 10.8 Å². The zero-order valence-electron chi connectivity index (χ0n) is 12.9. The van der Waals surface area contributed by atoms with E-state index in [1.807, 2.05) is 49.4 Å². The summed E-state index contributed by atoms with van der Waals surface area (Å²) in [6, 6.07) is 20.2. The summed E-state index contributed by atoms with van der Waals surface area (Å²) in [5.41, 5.74) is 0.683. The summed E-state index contributed by atoms with van der Waals surface area (Å²) in [7, 11) is -3.43. The van der Waals surface area contributed by atoms with Gasteiger partial charge in [0.1, 0.15) is 5.75 Å². The molecule has 0 N–H and O–H groups in total.